The van der Waals surface area contributed by atoms with Gasteiger partial charge >= 0.3 is 11.9 Å². The number of nitriles is 1. The lowest BCUT2D eigenvalue weighted by atomic mass is 10.2. The first kappa shape index (κ1) is 21.8. The van der Waals surface area contributed by atoms with Gasteiger partial charge in [-0.15, -0.1) is 11.3 Å². The molecular weight excluding hydrogens is 398 g/mol. The van der Waals surface area contributed by atoms with Crippen LogP contribution in [0.15, 0.2) is 29.6 Å². The Balaban J connectivity index is 1.76. The minimum atomic E-state index is -0.938. The molecule has 0 unspecified atom stereocenters. The van der Waals surface area contributed by atoms with Crippen molar-refractivity contribution >= 4 is 34.3 Å². The number of benzene rings is 1. The van der Waals surface area contributed by atoms with Gasteiger partial charge in [0.25, 0.3) is 5.91 Å². The summed E-state index contributed by atoms with van der Waals surface area (Å²) in [5.41, 5.74) is 0.946. The Bertz CT molecular complexity index is 903. The Morgan fingerprint density at radius 3 is 2.62 bits per heavy atom. The number of thiazole rings is 1. The molecule has 0 bridgehead atoms. The van der Waals surface area contributed by atoms with Crippen LogP contribution in [0.25, 0.3) is 0 Å². The second kappa shape index (κ2) is 10.8. The van der Waals surface area contributed by atoms with Gasteiger partial charge in [-0.3, -0.25) is 14.9 Å². The Hall–Kier alpha value is -3.45. The van der Waals surface area contributed by atoms with Crippen LogP contribution in [-0.2, 0) is 30.3 Å². The molecule has 0 fully saturated rings. The number of esters is 2. The standard InChI is InChI=1S/C19H19N3O6S/c1-3-26-17(24)8-14-11-29-19(21-14)22-16(23)10-27-18(25)12(2)28-15-6-4-13(9-20)5-7-15/h4-7,11-12H,3,8,10H2,1-2H3,(H,21,22,23)/t12-/m1/s1. The summed E-state index contributed by atoms with van der Waals surface area (Å²) in [6.45, 7) is 2.97. The van der Waals surface area contributed by atoms with Crippen LogP contribution in [0.2, 0.25) is 0 Å². The van der Waals surface area contributed by atoms with Crippen LogP contribution in [0.5, 0.6) is 5.75 Å². The summed E-state index contributed by atoms with van der Waals surface area (Å²) < 4.78 is 15.2. The van der Waals surface area contributed by atoms with Crippen molar-refractivity contribution in [3.05, 3.63) is 40.9 Å². The highest BCUT2D eigenvalue weighted by Gasteiger charge is 2.18. The number of anilines is 1. The number of rotatable bonds is 9. The second-order valence-electron chi connectivity index (χ2n) is 5.68. The van der Waals surface area contributed by atoms with Crippen molar-refractivity contribution in [2.24, 2.45) is 0 Å². The molecule has 152 valence electrons. The van der Waals surface area contributed by atoms with Gasteiger partial charge in [-0.05, 0) is 38.1 Å². The van der Waals surface area contributed by atoms with Gasteiger partial charge in [-0.1, -0.05) is 0 Å². The van der Waals surface area contributed by atoms with Gasteiger partial charge < -0.3 is 14.2 Å². The van der Waals surface area contributed by atoms with Crippen LogP contribution >= 0.6 is 11.3 Å². The number of ether oxygens (including phenoxy) is 3. The van der Waals surface area contributed by atoms with Crippen molar-refractivity contribution in [3.63, 3.8) is 0 Å². The van der Waals surface area contributed by atoms with Gasteiger partial charge in [-0.25, -0.2) is 9.78 Å². The third-order valence-electron chi connectivity index (χ3n) is 3.40. The lowest BCUT2D eigenvalue weighted by Gasteiger charge is -2.13. The summed E-state index contributed by atoms with van der Waals surface area (Å²) in [6.07, 6.45) is -0.925. The van der Waals surface area contributed by atoms with E-state index in [1.807, 2.05) is 6.07 Å². The molecule has 1 atom stereocenters. The first-order chi connectivity index (χ1) is 13.9. The molecule has 0 aliphatic rings. The lowest BCUT2D eigenvalue weighted by molar-refractivity contribution is -0.153. The van der Waals surface area contributed by atoms with Crippen molar-refractivity contribution < 1.29 is 28.6 Å². The molecule has 2 aromatic rings. The maximum atomic E-state index is 12.0. The maximum Gasteiger partial charge on any atom is 0.347 e. The van der Waals surface area contributed by atoms with E-state index in [1.54, 1.807) is 36.6 Å². The molecule has 1 aromatic carbocycles. The summed E-state index contributed by atoms with van der Waals surface area (Å²) in [4.78, 5) is 39.4. The van der Waals surface area contributed by atoms with Crippen molar-refractivity contribution in [3.8, 4) is 11.8 Å². The summed E-state index contributed by atoms with van der Waals surface area (Å²) in [6, 6.07) is 8.22. The topological polar surface area (TPSA) is 128 Å². The number of nitrogens with one attached hydrogen (secondary N) is 1. The predicted octanol–water partition coefficient (Wildman–Crippen LogP) is 2.07. The van der Waals surface area contributed by atoms with Crippen molar-refractivity contribution in [2.45, 2.75) is 26.4 Å². The first-order valence-electron chi connectivity index (χ1n) is 8.64. The van der Waals surface area contributed by atoms with E-state index in [1.165, 1.54) is 6.92 Å². The van der Waals surface area contributed by atoms with Gasteiger partial charge in [0.2, 0.25) is 0 Å². The molecule has 0 aliphatic carbocycles. The van der Waals surface area contributed by atoms with E-state index in [9.17, 15) is 14.4 Å². The highest BCUT2D eigenvalue weighted by Crippen LogP contribution is 2.16. The summed E-state index contributed by atoms with van der Waals surface area (Å²) in [7, 11) is 0. The van der Waals surface area contributed by atoms with Gasteiger partial charge in [0.1, 0.15) is 5.75 Å². The molecule has 1 amide bonds. The number of hydrogen-bond acceptors (Lipinski definition) is 9. The van der Waals surface area contributed by atoms with Crippen molar-refractivity contribution in [1.82, 2.24) is 4.98 Å². The van der Waals surface area contributed by atoms with Crippen LogP contribution in [-0.4, -0.2) is 42.1 Å². The van der Waals surface area contributed by atoms with E-state index in [0.29, 0.717) is 17.0 Å². The number of hydrogen-bond donors (Lipinski definition) is 1. The zero-order valence-electron chi connectivity index (χ0n) is 15.8. The highest BCUT2D eigenvalue weighted by molar-refractivity contribution is 7.13. The number of amides is 1. The van der Waals surface area contributed by atoms with E-state index >= 15 is 0 Å². The molecule has 0 spiro atoms. The van der Waals surface area contributed by atoms with Gasteiger partial charge in [0.15, 0.2) is 17.8 Å². The molecule has 10 heteroatoms. The van der Waals surface area contributed by atoms with Gasteiger partial charge in [0, 0.05) is 5.38 Å². The molecule has 0 radical (unpaired) electrons. The fraction of sp³-hybridized carbons (Fsp3) is 0.316. The van der Waals surface area contributed by atoms with Crippen molar-refractivity contribution in [2.75, 3.05) is 18.5 Å². The molecule has 1 heterocycles. The number of carbonyl (C=O) groups is 3. The largest absolute Gasteiger partial charge is 0.479 e. The van der Waals surface area contributed by atoms with Gasteiger partial charge in [0.05, 0.1) is 30.4 Å². The molecule has 0 saturated carbocycles. The SMILES string of the molecule is CCOC(=O)Cc1csc(NC(=O)COC(=O)[C@@H](C)Oc2ccc(C#N)cc2)n1. The van der Waals surface area contributed by atoms with Crippen LogP contribution in [0.4, 0.5) is 5.13 Å². The first-order valence-corrected chi connectivity index (χ1v) is 9.52. The van der Waals surface area contributed by atoms with E-state index in [0.717, 1.165) is 11.3 Å². The fourth-order valence-electron chi connectivity index (χ4n) is 2.08. The van der Waals surface area contributed by atoms with Crippen LogP contribution in [0, 0.1) is 11.3 Å². The normalized spacial score (nSPS) is 11.1. The molecule has 1 aromatic heterocycles. The number of carbonyl (C=O) groups excluding carboxylic acids is 3. The van der Waals surface area contributed by atoms with E-state index in [4.69, 9.17) is 19.5 Å². The molecule has 9 nitrogen and oxygen atoms in total. The average Bonchev–Trinajstić information content (AvgIpc) is 3.13. The monoisotopic (exact) mass is 417 g/mol. The van der Waals surface area contributed by atoms with Crippen LogP contribution in [0.3, 0.4) is 0 Å². The third kappa shape index (κ3) is 7.23. The lowest BCUT2D eigenvalue weighted by Crippen LogP contribution is -2.29. The van der Waals surface area contributed by atoms with Gasteiger partial charge in [-0.2, -0.15) is 5.26 Å². The minimum absolute atomic E-state index is 0.0133. The minimum Gasteiger partial charge on any atom is -0.479 e. The van der Waals surface area contributed by atoms with E-state index in [-0.39, 0.29) is 18.2 Å². The Labute approximate surface area is 171 Å². The Kier molecular flexibility index (Phi) is 8.12. The number of nitrogens with zero attached hydrogens (tertiary/aromatic N) is 2. The molecule has 29 heavy (non-hydrogen) atoms. The predicted molar refractivity (Wildman–Crippen MR) is 103 cm³/mol. The smallest absolute Gasteiger partial charge is 0.347 e. The van der Waals surface area contributed by atoms with Crippen LogP contribution < -0.4 is 10.1 Å². The average molecular weight is 417 g/mol. The Morgan fingerprint density at radius 1 is 1.24 bits per heavy atom. The van der Waals surface area contributed by atoms with Crippen molar-refractivity contribution in [1.29, 1.82) is 5.26 Å². The third-order valence-corrected chi connectivity index (χ3v) is 4.21. The molecular formula is C19H19N3O6S. The quantitative estimate of drug-likeness (QED) is 0.614. The summed E-state index contributed by atoms with van der Waals surface area (Å²) >= 11 is 1.14. The fourth-order valence-corrected chi connectivity index (χ4v) is 2.80. The maximum absolute atomic E-state index is 12.0. The van der Waals surface area contributed by atoms with E-state index < -0.39 is 30.6 Å². The zero-order chi connectivity index (χ0) is 21.2. The summed E-state index contributed by atoms with van der Waals surface area (Å²) in [5, 5.41) is 13.2. The molecule has 0 aliphatic heterocycles. The molecule has 2 rings (SSSR count). The number of aromatic nitrogens is 1. The zero-order valence-corrected chi connectivity index (χ0v) is 16.7. The van der Waals surface area contributed by atoms with E-state index in [2.05, 4.69) is 10.3 Å². The Morgan fingerprint density at radius 2 is 1.97 bits per heavy atom. The highest BCUT2D eigenvalue weighted by atomic mass is 32.1. The van der Waals surface area contributed by atoms with Crippen LogP contribution in [0.1, 0.15) is 25.1 Å². The summed E-state index contributed by atoms with van der Waals surface area (Å²) in [5.74, 6) is -1.29. The molecule has 1 N–H and O–H groups in total. The second-order valence-corrected chi connectivity index (χ2v) is 6.54. The molecule has 0 saturated heterocycles.